The van der Waals surface area contributed by atoms with Crippen molar-refractivity contribution in [2.45, 2.75) is 13.0 Å². The highest BCUT2D eigenvalue weighted by molar-refractivity contribution is 7.13. The Labute approximate surface area is 115 Å². The third-order valence-electron chi connectivity index (χ3n) is 2.61. The van der Waals surface area contributed by atoms with Crippen molar-refractivity contribution >= 4 is 17.2 Å². The normalized spacial score (nSPS) is 10.2. The lowest BCUT2D eigenvalue weighted by Gasteiger charge is -2.08. The van der Waals surface area contributed by atoms with Gasteiger partial charge in [0, 0.05) is 20.3 Å². The minimum atomic E-state index is -0.0772. The molecule has 0 aromatic carbocycles. The lowest BCUT2D eigenvalue weighted by Crippen LogP contribution is -2.21. The fraction of sp³-hybridized carbons (Fsp3) is 0.308. The molecule has 6 heteroatoms. The van der Waals surface area contributed by atoms with Gasteiger partial charge < -0.3 is 4.90 Å². The maximum absolute atomic E-state index is 12.2. The molecule has 0 saturated carbocycles. The number of carbonyl (C=O) groups is 1. The van der Waals surface area contributed by atoms with Crippen LogP contribution in [0.15, 0.2) is 23.7 Å². The van der Waals surface area contributed by atoms with Crippen LogP contribution in [0, 0.1) is 11.3 Å². The van der Waals surface area contributed by atoms with E-state index >= 15 is 0 Å². The Bertz CT molecular complexity index is 607. The third kappa shape index (κ3) is 2.83. The number of nitrogens with zero attached hydrogens (tertiary/aromatic N) is 4. The quantitative estimate of drug-likeness (QED) is 0.859. The van der Waals surface area contributed by atoms with Crippen molar-refractivity contribution in [2.75, 3.05) is 14.1 Å². The Balaban J connectivity index is 2.42. The molecule has 0 aliphatic carbocycles. The maximum atomic E-state index is 12.2. The number of hydrogen-bond acceptors (Lipinski definition) is 4. The van der Waals surface area contributed by atoms with E-state index in [4.69, 9.17) is 5.26 Å². The second kappa shape index (κ2) is 5.67. The van der Waals surface area contributed by atoms with Crippen LogP contribution in [0.3, 0.4) is 0 Å². The molecule has 0 radical (unpaired) electrons. The summed E-state index contributed by atoms with van der Waals surface area (Å²) in [5.74, 6) is -0.0772. The van der Waals surface area contributed by atoms with Crippen LogP contribution in [0.5, 0.6) is 0 Å². The molecule has 98 valence electrons. The monoisotopic (exact) mass is 274 g/mol. The maximum Gasteiger partial charge on any atom is 0.257 e. The van der Waals surface area contributed by atoms with Gasteiger partial charge in [0.15, 0.2) is 0 Å². The molecule has 2 heterocycles. The molecule has 0 saturated heterocycles. The molecule has 0 fully saturated rings. The number of aromatic nitrogens is 2. The average Bonchev–Trinajstić information content (AvgIpc) is 3.03. The van der Waals surface area contributed by atoms with Crippen LogP contribution in [0.1, 0.15) is 16.8 Å². The largest absolute Gasteiger partial charge is 0.345 e. The van der Waals surface area contributed by atoms with E-state index in [1.807, 2.05) is 17.5 Å². The molecule has 2 rings (SSSR count). The molecule has 0 aliphatic heterocycles. The molecule has 0 atom stereocenters. The predicted molar refractivity (Wildman–Crippen MR) is 73.8 cm³/mol. The highest BCUT2D eigenvalue weighted by Crippen LogP contribution is 2.27. The zero-order chi connectivity index (χ0) is 13.8. The van der Waals surface area contributed by atoms with E-state index in [-0.39, 0.29) is 5.91 Å². The van der Waals surface area contributed by atoms with Gasteiger partial charge in [-0.15, -0.1) is 11.3 Å². The zero-order valence-corrected chi connectivity index (χ0v) is 11.6. The van der Waals surface area contributed by atoms with Crippen molar-refractivity contribution < 1.29 is 4.79 Å². The molecule has 5 nitrogen and oxygen atoms in total. The number of aryl methyl sites for hydroxylation is 1. The van der Waals surface area contributed by atoms with Crippen LogP contribution in [-0.4, -0.2) is 34.7 Å². The van der Waals surface area contributed by atoms with Gasteiger partial charge in [0.25, 0.3) is 5.91 Å². The topological polar surface area (TPSA) is 61.9 Å². The molecule has 0 N–H and O–H groups in total. The Kier molecular flexibility index (Phi) is 3.97. The van der Waals surface area contributed by atoms with Crippen LogP contribution in [0.25, 0.3) is 10.6 Å². The average molecular weight is 274 g/mol. The zero-order valence-electron chi connectivity index (χ0n) is 10.8. The summed E-state index contributed by atoms with van der Waals surface area (Å²) < 4.78 is 1.66. The molecule has 1 amide bonds. The van der Waals surface area contributed by atoms with E-state index in [0.29, 0.717) is 24.2 Å². The number of carbonyl (C=O) groups excluding carboxylic acids is 1. The second-order valence-corrected chi connectivity index (χ2v) is 5.19. The minimum Gasteiger partial charge on any atom is -0.345 e. The van der Waals surface area contributed by atoms with E-state index in [2.05, 4.69) is 11.2 Å². The van der Waals surface area contributed by atoms with Crippen molar-refractivity contribution in [3.8, 4) is 16.6 Å². The Morgan fingerprint density at radius 3 is 2.95 bits per heavy atom. The lowest BCUT2D eigenvalue weighted by molar-refractivity contribution is 0.0828. The third-order valence-corrected chi connectivity index (χ3v) is 3.48. The number of amides is 1. The van der Waals surface area contributed by atoms with Gasteiger partial charge in [0.1, 0.15) is 5.69 Å². The van der Waals surface area contributed by atoms with Gasteiger partial charge in [-0.3, -0.25) is 9.48 Å². The molecular formula is C13H14N4OS. The van der Waals surface area contributed by atoms with Crippen LogP contribution in [0.2, 0.25) is 0 Å². The van der Waals surface area contributed by atoms with Crippen molar-refractivity contribution in [1.29, 1.82) is 5.26 Å². The van der Waals surface area contributed by atoms with Crippen molar-refractivity contribution in [2.24, 2.45) is 0 Å². The summed E-state index contributed by atoms with van der Waals surface area (Å²) in [5.41, 5.74) is 1.26. The second-order valence-electron chi connectivity index (χ2n) is 4.24. The van der Waals surface area contributed by atoms with E-state index in [9.17, 15) is 4.79 Å². The molecule has 2 aromatic heterocycles. The smallest absolute Gasteiger partial charge is 0.257 e. The van der Waals surface area contributed by atoms with E-state index in [0.717, 1.165) is 4.88 Å². The number of hydrogen-bond donors (Lipinski definition) is 0. The highest BCUT2D eigenvalue weighted by atomic mass is 32.1. The van der Waals surface area contributed by atoms with Gasteiger partial charge in [0.2, 0.25) is 0 Å². The first-order chi connectivity index (χ1) is 9.13. The van der Waals surface area contributed by atoms with Gasteiger partial charge in [-0.1, -0.05) is 6.07 Å². The minimum absolute atomic E-state index is 0.0772. The molecule has 0 aliphatic rings. The summed E-state index contributed by atoms with van der Waals surface area (Å²) in [6, 6.07) is 5.95. The summed E-state index contributed by atoms with van der Waals surface area (Å²) in [6.07, 6.45) is 2.09. The van der Waals surface area contributed by atoms with Crippen LogP contribution in [-0.2, 0) is 6.54 Å². The van der Waals surface area contributed by atoms with Crippen molar-refractivity contribution in [3.63, 3.8) is 0 Å². The fourth-order valence-corrected chi connectivity index (χ4v) is 2.42. The molecule has 0 spiro atoms. The fourth-order valence-electron chi connectivity index (χ4n) is 1.69. The molecule has 0 unspecified atom stereocenters. The van der Waals surface area contributed by atoms with Gasteiger partial charge in [-0.05, 0) is 11.4 Å². The van der Waals surface area contributed by atoms with E-state index < -0.39 is 0 Å². The summed E-state index contributed by atoms with van der Waals surface area (Å²) in [6.45, 7) is 0.496. The first-order valence-corrected chi connectivity index (χ1v) is 6.71. The summed E-state index contributed by atoms with van der Waals surface area (Å²) >= 11 is 1.54. The first-order valence-electron chi connectivity index (χ1n) is 5.83. The summed E-state index contributed by atoms with van der Waals surface area (Å²) in [5, 5.41) is 15.0. The molecule has 19 heavy (non-hydrogen) atoms. The number of thiophene rings is 1. The summed E-state index contributed by atoms with van der Waals surface area (Å²) in [7, 11) is 3.43. The SMILES string of the molecule is CN(C)C(=O)c1cn(CCC#N)nc1-c1cccs1. The first kappa shape index (κ1) is 13.3. The highest BCUT2D eigenvalue weighted by Gasteiger charge is 2.19. The molecule has 0 bridgehead atoms. The number of nitriles is 1. The van der Waals surface area contributed by atoms with Crippen LogP contribution in [0.4, 0.5) is 0 Å². The van der Waals surface area contributed by atoms with Gasteiger partial charge >= 0.3 is 0 Å². The van der Waals surface area contributed by atoms with Crippen molar-refractivity contribution in [3.05, 3.63) is 29.3 Å². The molecular weight excluding hydrogens is 260 g/mol. The lowest BCUT2D eigenvalue weighted by atomic mass is 10.2. The van der Waals surface area contributed by atoms with E-state index in [1.165, 1.54) is 4.90 Å². The Morgan fingerprint density at radius 2 is 2.37 bits per heavy atom. The van der Waals surface area contributed by atoms with Crippen LogP contribution < -0.4 is 0 Å². The van der Waals surface area contributed by atoms with Gasteiger partial charge in [-0.2, -0.15) is 10.4 Å². The van der Waals surface area contributed by atoms with Crippen molar-refractivity contribution in [1.82, 2.24) is 14.7 Å². The number of rotatable bonds is 4. The standard InChI is InChI=1S/C13H14N4OS/c1-16(2)13(18)10-9-17(7-4-6-14)15-12(10)11-5-3-8-19-11/h3,5,8-9H,4,7H2,1-2H3. The molecule has 2 aromatic rings. The Morgan fingerprint density at radius 1 is 1.58 bits per heavy atom. The van der Waals surface area contributed by atoms with Crippen LogP contribution >= 0.6 is 11.3 Å². The van der Waals surface area contributed by atoms with Gasteiger partial charge in [0.05, 0.1) is 29.5 Å². The summed E-state index contributed by atoms with van der Waals surface area (Å²) in [4.78, 5) is 14.6. The van der Waals surface area contributed by atoms with E-state index in [1.54, 1.807) is 36.3 Å². The van der Waals surface area contributed by atoms with Gasteiger partial charge in [-0.25, -0.2) is 0 Å². The predicted octanol–water partition coefficient (Wildman–Crippen LogP) is 2.23. The Hall–Kier alpha value is -2.13.